The number of allylic oxidation sites excluding steroid dienone is 1. The summed E-state index contributed by atoms with van der Waals surface area (Å²) in [5, 5.41) is 0. The second kappa shape index (κ2) is 5.07. The van der Waals surface area contributed by atoms with Crippen molar-refractivity contribution in [1.29, 1.82) is 0 Å². The third-order valence-electron chi connectivity index (χ3n) is 1.96. The number of carbonyl (C=O) groups is 1. The van der Waals surface area contributed by atoms with Crippen molar-refractivity contribution in [3.8, 4) is 0 Å². The van der Waals surface area contributed by atoms with Gasteiger partial charge in [-0.15, -0.1) is 0 Å². The standard InChI is InChI=1S/C12H8INO2/c13-12-4-2-10(16-12)1-3-11(15)9-5-7-14-8-6-9/h1-8H/b3-1-. The van der Waals surface area contributed by atoms with Gasteiger partial charge < -0.3 is 4.42 Å². The summed E-state index contributed by atoms with van der Waals surface area (Å²) in [7, 11) is 0. The maximum Gasteiger partial charge on any atom is 0.186 e. The Morgan fingerprint density at radius 3 is 2.62 bits per heavy atom. The highest BCUT2D eigenvalue weighted by molar-refractivity contribution is 14.1. The molecule has 0 fully saturated rings. The normalized spacial score (nSPS) is 10.8. The number of hydrogen-bond donors (Lipinski definition) is 0. The molecule has 2 heterocycles. The van der Waals surface area contributed by atoms with Gasteiger partial charge in [0, 0.05) is 18.0 Å². The fourth-order valence-corrected chi connectivity index (χ4v) is 1.62. The summed E-state index contributed by atoms with van der Waals surface area (Å²) in [6.07, 6.45) is 6.34. The van der Waals surface area contributed by atoms with Crippen LogP contribution in [0.4, 0.5) is 0 Å². The number of nitrogens with zero attached hydrogens (tertiary/aromatic N) is 1. The van der Waals surface area contributed by atoms with E-state index in [2.05, 4.69) is 27.6 Å². The molecule has 0 amide bonds. The molecular weight excluding hydrogens is 317 g/mol. The molecular formula is C12H8INO2. The minimum atomic E-state index is -0.0613. The highest BCUT2D eigenvalue weighted by atomic mass is 127. The van der Waals surface area contributed by atoms with Gasteiger partial charge in [0.2, 0.25) is 0 Å². The Morgan fingerprint density at radius 2 is 2.00 bits per heavy atom. The highest BCUT2D eigenvalue weighted by Crippen LogP contribution is 2.12. The molecule has 16 heavy (non-hydrogen) atoms. The predicted octanol–water partition coefficient (Wildman–Crippen LogP) is 3.18. The van der Waals surface area contributed by atoms with Crippen molar-refractivity contribution in [3.05, 3.63) is 57.8 Å². The summed E-state index contributed by atoms with van der Waals surface area (Å²) in [6, 6.07) is 7.02. The zero-order chi connectivity index (χ0) is 11.4. The monoisotopic (exact) mass is 325 g/mol. The molecule has 4 heteroatoms. The third kappa shape index (κ3) is 2.79. The van der Waals surface area contributed by atoms with E-state index in [-0.39, 0.29) is 5.78 Å². The number of ketones is 1. The molecule has 0 bridgehead atoms. The van der Waals surface area contributed by atoms with Crippen LogP contribution in [0.2, 0.25) is 0 Å². The molecule has 80 valence electrons. The van der Waals surface area contributed by atoms with Crippen LogP contribution < -0.4 is 0 Å². The van der Waals surface area contributed by atoms with E-state index in [1.807, 2.05) is 12.1 Å². The molecule has 0 aromatic carbocycles. The molecule has 0 spiro atoms. The Morgan fingerprint density at radius 1 is 1.25 bits per heavy atom. The average Bonchev–Trinajstić information content (AvgIpc) is 2.73. The first-order valence-corrected chi connectivity index (χ1v) is 5.71. The van der Waals surface area contributed by atoms with Crippen LogP contribution in [0.1, 0.15) is 16.1 Å². The lowest BCUT2D eigenvalue weighted by Crippen LogP contribution is -1.93. The van der Waals surface area contributed by atoms with E-state index in [1.165, 1.54) is 6.08 Å². The maximum atomic E-state index is 11.7. The first-order valence-electron chi connectivity index (χ1n) is 4.63. The quantitative estimate of drug-likeness (QED) is 0.495. The Bertz CT molecular complexity index is 517. The third-order valence-corrected chi connectivity index (χ3v) is 2.54. The van der Waals surface area contributed by atoms with Crippen molar-refractivity contribution < 1.29 is 9.21 Å². The van der Waals surface area contributed by atoms with Crippen LogP contribution in [0, 0.1) is 3.77 Å². The van der Waals surface area contributed by atoms with Crippen LogP contribution in [0.15, 0.2) is 47.2 Å². The number of carbonyl (C=O) groups excluding carboxylic acids is 1. The summed E-state index contributed by atoms with van der Waals surface area (Å²) >= 11 is 2.08. The van der Waals surface area contributed by atoms with Crippen LogP contribution in [0.25, 0.3) is 6.08 Å². The number of aromatic nitrogens is 1. The number of pyridine rings is 1. The number of furan rings is 1. The van der Waals surface area contributed by atoms with Crippen molar-refractivity contribution in [2.75, 3.05) is 0 Å². The highest BCUT2D eigenvalue weighted by Gasteiger charge is 2.00. The largest absolute Gasteiger partial charge is 0.451 e. The fraction of sp³-hybridized carbons (Fsp3) is 0. The van der Waals surface area contributed by atoms with Crippen molar-refractivity contribution in [2.24, 2.45) is 0 Å². The van der Waals surface area contributed by atoms with Crippen LogP contribution in [0.3, 0.4) is 0 Å². The lowest BCUT2D eigenvalue weighted by Gasteiger charge is -1.92. The zero-order valence-corrected chi connectivity index (χ0v) is 10.4. The van der Waals surface area contributed by atoms with Gasteiger partial charge in [0.05, 0.1) is 0 Å². The molecule has 0 saturated carbocycles. The average molecular weight is 325 g/mol. The fourth-order valence-electron chi connectivity index (χ4n) is 1.19. The van der Waals surface area contributed by atoms with E-state index in [0.717, 1.165) is 3.77 Å². The SMILES string of the molecule is O=C(/C=C\c1ccc(I)o1)c1ccncc1. The van der Waals surface area contributed by atoms with E-state index in [0.29, 0.717) is 11.3 Å². The lowest BCUT2D eigenvalue weighted by atomic mass is 10.1. The van der Waals surface area contributed by atoms with E-state index in [4.69, 9.17) is 4.42 Å². The van der Waals surface area contributed by atoms with Crippen LogP contribution in [-0.2, 0) is 0 Å². The molecule has 0 saturated heterocycles. The van der Waals surface area contributed by atoms with E-state index < -0.39 is 0 Å². The Kier molecular flexibility index (Phi) is 3.51. The minimum absolute atomic E-state index is 0.0613. The Balaban J connectivity index is 2.11. The summed E-state index contributed by atoms with van der Waals surface area (Å²) in [4.78, 5) is 15.5. The second-order valence-corrected chi connectivity index (χ2v) is 4.14. The molecule has 0 radical (unpaired) electrons. The smallest absolute Gasteiger partial charge is 0.186 e. The Labute approximate surface area is 106 Å². The van der Waals surface area contributed by atoms with Crippen molar-refractivity contribution in [1.82, 2.24) is 4.98 Å². The zero-order valence-electron chi connectivity index (χ0n) is 8.26. The maximum absolute atomic E-state index is 11.7. The van der Waals surface area contributed by atoms with E-state index in [9.17, 15) is 4.79 Å². The van der Waals surface area contributed by atoms with Gasteiger partial charge in [-0.05, 0) is 59.0 Å². The van der Waals surface area contributed by atoms with Gasteiger partial charge in [-0.3, -0.25) is 9.78 Å². The van der Waals surface area contributed by atoms with Crippen LogP contribution >= 0.6 is 22.6 Å². The molecule has 3 nitrogen and oxygen atoms in total. The summed E-state index contributed by atoms with van der Waals surface area (Å²) in [6.45, 7) is 0. The minimum Gasteiger partial charge on any atom is -0.451 e. The number of hydrogen-bond acceptors (Lipinski definition) is 3. The number of rotatable bonds is 3. The van der Waals surface area contributed by atoms with Gasteiger partial charge in [0.25, 0.3) is 0 Å². The molecule has 0 aliphatic rings. The Hall–Kier alpha value is -1.43. The van der Waals surface area contributed by atoms with Gasteiger partial charge in [-0.2, -0.15) is 0 Å². The van der Waals surface area contributed by atoms with Gasteiger partial charge >= 0.3 is 0 Å². The first kappa shape index (κ1) is 11.1. The summed E-state index contributed by atoms with van der Waals surface area (Å²) in [5.41, 5.74) is 0.618. The second-order valence-electron chi connectivity index (χ2n) is 3.08. The van der Waals surface area contributed by atoms with E-state index in [1.54, 1.807) is 30.6 Å². The van der Waals surface area contributed by atoms with E-state index >= 15 is 0 Å². The molecule has 2 aromatic rings. The molecule has 0 atom stereocenters. The molecule has 0 aliphatic carbocycles. The number of halogens is 1. The van der Waals surface area contributed by atoms with Gasteiger partial charge in [-0.1, -0.05) is 0 Å². The lowest BCUT2D eigenvalue weighted by molar-refractivity contribution is 0.104. The van der Waals surface area contributed by atoms with Gasteiger partial charge in [0.15, 0.2) is 9.55 Å². The molecule has 0 N–H and O–H groups in total. The summed E-state index contributed by atoms with van der Waals surface area (Å²) in [5.74, 6) is 0.612. The van der Waals surface area contributed by atoms with Crippen molar-refractivity contribution >= 4 is 34.5 Å². The molecule has 0 aliphatic heterocycles. The van der Waals surface area contributed by atoms with Crippen molar-refractivity contribution in [2.45, 2.75) is 0 Å². The molecule has 2 aromatic heterocycles. The predicted molar refractivity (Wildman–Crippen MR) is 69.0 cm³/mol. The molecule has 0 unspecified atom stereocenters. The molecule has 2 rings (SSSR count). The van der Waals surface area contributed by atoms with Crippen molar-refractivity contribution in [3.63, 3.8) is 0 Å². The van der Waals surface area contributed by atoms with Crippen LogP contribution in [-0.4, -0.2) is 10.8 Å². The topological polar surface area (TPSA) is 43.1 Å². The first-order chi connectivity index (χ1) is 7.75. The van der Waals surface area contributed by atoms with Crippen LogP contribution in [0.5, 0.6) is 0 Å². The van der Waals surface area contributed by atoms with Gasteiger partial charge in [0.1, 0.15) is 5.76 Å². The summed E-state index contributed by atoms with van der Waals surface area (Å²) < 4.78 is 6.10. The van der Waals surface area contributed by atoms with Gasteiger partial charge in [-0.25, -0.2) is 0 Å².